The molecule has 0 amide bonds. The first-order chi connectivity index (χ1) is 11.7. The maximum atomic E-state index is 13.3. The van der Waals surface area contributed by atoms with Gasteiger partial charge in [0.05, 0.1) is 16.7 Å². The van der Waals surface area contributed by atoms with Gasteiger partial charge in [-0.3, -0.25) is 9.97 Å². The predicted octanol–water partition coefficient (Wildman–Crippen LogP) is 4.49. The minimum absolute atomic E-state index is 0.0533. The molecule has 1 N–H and O–H groups in total. The number of anilines is 1. The highest BCUT2D eigenvalue weighted by Gasteiger charge is 2.47. The van der Waals surface area contributed by atoms with Crippen molar-refractivity contribution in [3.8, 4) is 11.4 Å². The van der Waals surface area contributed by atoms with E-state index in [1.807, 2.05) is 0 Å². The van der Waals surface area contributed by atoms with Crippen LogP contribution in [-0.2, 0) is 0 Å². The first-order valence-corrected chi connectivity index (χ1v) is 7.63. The fourth-order valence-electron chi connectivity index (χ4n) is 2.12. The van der Waals surface area contributed by atoms with E-state index in [0.717, 1.165) is 13.8 Å². The van der Waals surface area contributed by atoms with E-state index in [2.05, 4.69) is 25.3 Å². The lowest BCUT2D eigenvalue weighted by Gasteiger charge is -2.30. The van der Waals surface area contributed by atoms with Crippen LogP contribution in [0.2, 0.25) is 5.02 Å². The summed E-state index contributed by atoms with van der Waals surface area (Å²) in [4.78, 5) is 16.5. The molecular formula is C16H13ClF3N5. The van der Waals surface area contributed by atoms with Gasteiger partial charge in [0, 0.05) is 29.5 Å². The average Bonchev–Trinajstić information content (AvgIpc) is 2.54. The lowest BCUT2D eigenvalue weighted by molar-refractivity contribution is -0.168. The lowest BCUT2D eigenvalue weighted by atomic mass is 10.0. The van der Waals surface area contributed by atoms with Crippen molar-refractivity contribution < 1.29 is 13.2 Å². The van der Waals surface area contributed by atoms with Gasteiger partial charge in [0.2, 0.25) is 0 Å². The molecule has 130 valence electrons. The summed E-state index contributed by atoms with van der Waals surface area (Å²) in [6.07, 6.45) is 1.38. The summed E-state index contributed by atoms with van der Waals surface area (Å²) in [7, 11) is 0. The number of fused-ring (bicyclic) bond motifs is 1. The van der Waals surface area contributed by atoms with Gasteiger partial charge in [0.1, 0.15) is 11.4 Å². The fourth-order valence-corrected chi connectivity index (χ4v) is 2.32. The number of nitrogens with one attached hydrogen (secondary N) is 1. The Morgan fingerprint density at radius 3 is 2.36 bits per heavy atom. The Labute approximate surface area is 146 Å². The second kappa shape index (κ2) is 6.11. The van der Waals surface area contributed by atoms with Crippen LogP contribution in [0.5, 0.6) is 0 Å². The van der Waals surface area contributed by atoms with E-state index in [9.17, 15) is 13.2 Å². The molecule has 0 unspecified atom stereocenters. The summed E-state index contributed by atoms with van der Waals surface area (Å²) in [6.45, 7) is 2.09. The fraction of sp³-hybridized carbons (Fsp3) is 0.250. The van der Waals surface area contributed by atoms with E-state index >= 15 is 0 Å². The summed E-state index contributed by atoms with van der Waals surface area (Å²) in [5, 5.41) is 3.20. The van der Waals surface area contributed by atoms with Crippen LogP contribution in [0.25, 0.3) is 22.3 Å². The molecule has 3 heterocycles. The maximum Gasteiger partial charge on any atom is 0.410 e. The van der Waals surface area contributed by atoms with Crippen LogP contribution in [-0.4, -0.2) is 31.7 Å². The number of hydrogen-bond donors (Lipinski definition) is 1. The minimum atomic E-state index is -4.47. The topological polar surface area (TPSA) is 63.6 Å². The van der Waals surface area contributed by atoms with Crippen LogP contribution in [0, 0.1) is 0 Å². The van der Waals surface area contributed by atoms with Crippen molar-refractivity contribution in [2.24, 2.45) is 0 Å². The molecule has 0 atom stereocenters. The van der Waals surface area contributed by atoms with Crippen LogP contribution in [0.1, 0.15) is 13.8 Å². The van der Waals surface area contributed by atoms with Crippen molar-refractivity contribution in [3.05, 3.63) is 41.9 Å². The molecular weight excluding hydrogens is 355 g/mol. The third-order valence-corrected chi connectivity index (χ3v) is 3.95. The molecule has 25 heavy (non-hydrogen) atoms. The number of hydrogen-bond acceptors (Lipinski definition) is 5. The van der Waals surface area contributed by atoms with Crippen molar-refractivity contribution in [2.45, 2.75) is 25.6 Å². The van der Waals surface area contributed by atoms with Gasteiger partial charge in [-0.2, -0.15) is 13.2 Å². The first kappa shape index (κ1) is 17.3. The highest BCUT2D eigenvalue weighted by atomic mass is 35.5. The third kappa shape index (κ3) is 3.34. The normalized spacial score (nSPS) is 12.4. The van der Waals surface area contributed by atoms with Crippen LogP contribution >= 0.6 is 11.6 Å². The van der Waals surface area contributed by atoms with Gasteiger partial charge in [-0.15, -0.1) is 0 Å². The predicted molar refractivity (Wildman–Crippen MR) is 89.3 cm³/mol. The Kier molecular flexibility index (Phi) is 4.24. The minimum Gasteiger partial charge on any atom is -0.356 e. The van der Waals surface area contributed by atoms with E-state index in [4.69, 9.17) is 11.6 Å². The number of rotatable bonds is 3. The van der Waals surface area contributed by atoms with E-state index in [-0.39, 0.29) is 11.6 Å². The molecule has 3 rings (SSSR count). The Morgan fingerprint density at radius 2 is 1.68 bits per heavy atom. The van der Waals surface area contributed by atoms with Gasteiger partial charge >= 0.3 is 6.18 Å². The standard InChI is InChI=1S/C16H13ClF3N5/c1-15(2,16(18,19)20)25-14-10-4-6-22-8-12(10)23-13(24-14)9-3-5-21-7-11(9)17/h3-8H,1-2H3,(H,23,24,25). The Bertz CT molecular complexity index is 927. The summed E-state index contributed by atoms with van der Waals surface area (Å²) in [5.41, 5.74) is -1.31. The molecule has 3 aromatic heterocycles. The van der Waals surface area contributed by atoms with Gasteiger partial charge in [-0.05, 0) is 26.0 Å². The van der Waals surface area contributed by atoms with Crippen molar-refractivity contribution in [1.82, 2.24) is 19.9 Å². The molecule has 0 fully saturated rings. The Hall–Kier alpha value is -2.48. The molecule has 3 aromatic rings. The lowest BCUT2D eigenvalue weighted by Crippen LogP contribution is -2.46. The van der Waals surface area contributed by atoms with Gasteiger partial charge in [0.15, 0.2) is 5.82 Å². The molecule has 0 aromatic carbocycles. The maximum absolute atomic E-state index is 13.3. The zero-order valence-corrected chi connectivity index (χ0v) is 14.0. The molecule has 0 spiro atoms. The second-order valence-electron chi connectivity index (χ2n) is 5.89. The monoisotopic (exact) mass is 367 g/mol. The zero-order valence-electron chi connectivity index (χ0n) is 13.3. The van der Waals surface area contributed by atoms with Crippen molar-refractivity contribution in [2.75, 3.05) is 5.32 Å². The van der Waals surface area contributed by atoms with E-state index in [1.165, 1.54) is 24.8 Å². The number of nitrogens with zero attached hydrogens (tertiary/aromatic N) is 4. The van der Waals surface area contributed by atoms with Gasteiger partial charge in [0.25, 0.3) is 0 Å². The van der Waals surface area contributed by atoms with E-state index in [0.29, 0.717) is 21.5 Å². The summed E-state index contributed by atoms with van der Waals surface area (Å²) in [6, 6.07) is 3.15. The molecule has 0 aliphatic rings. The summed E-state index contributed by atoms with van der Waals surface area (Å²) < 4.78 is 39.8. The Balaban J connectivity index is 2.19. The quantitative estimate of drug-likeness (QED) is 0.738. The molecule has 0 saturated carbocycles. The number of aromatic nitrogens is 4. The third-order valence-electron chi connectivity index (χ3n) is 3.65. The summed E-state index contributed by atoms with van der Waals surface area (Å²) in [5.74, 6) is 0.242. The van der Waals surface area contributed by atoms with Gasteiger partial charge < -0.3 is 5.32 Å². The average molecular weight is 368 g/mol. The van der Waals surface area contributed by atoms with E-state index < -0.39 is 11.7 Å². The number of pyridine rings is 2. The van der Waals surface area contributed by atoms with Crippen LogP contribution < -0.4 is 5.32 Å². The van der Waals surface area contributed by atoms with Crippen LogP contribution in [0.3, 0.4) is 0 Å². The smallest absolute Gasteiger partial charge is 0.356 e. The van der Waals surface area contributed by atoms with Crippen LogP contribution in [0.15, 0.2) is 36.9 Å². The number of alkyl halides is 3. The van der Waals surface area contributed by atoms with Crippen molar-refractivity contribution in [3.63, 3.8) is 0 Å². The van der Waals surface area contributed by atoms with E-state index in [1.54, 1.807) is 12.1 Å². The summed E-state index contributed by atoms with van der Waals surface area (Å²) >= 11 is 6.11. The molecule has 0 aliphatic carbocycles. The molecule has 0 aliphatic heterocycles. The SMILES string of the molecule is CC(C)(Nc1nc(-c2ccncc2Cl)nc2cnccc12)C(F)(F)F. The van der Waals surface area contributed by atoms with Crippen LogP contribution in [0.4, 0.5) is 19.0 Å². The van der Waals surface area contributed by atoms with Crippen molar-refractivity contribution >= 4 is 28.3 Å². The van der Waals surface area contributed by atoms with Crippen molar-refractivity contribution in [1.29, 1.82) is 0 Å². The molecule has 0 bridgehead atoms. The highest BCUT2D eigenvalue weighted by Crippen LogP contribution is 2.35. The molecule has 5 nitrogen and oxygen atoms in total. The molecule has 0 saturated heterocycles. The molecule has 0 radical (unpaired) electrons. The first-order valence-electron chi connectivity index (χ1n) is 7.25. The zero-order chi connectivity index (χ0) is 18.2. The largest absolute Gasteiger partial charge is 0.410 e. The Morgan fingerprint density at radius 1 is 1.00 bits per heavy atom. The second-order valence-corrected chi connectivity index (χ2v) is 6.30. The van der Waals surface area contributed by atoms with Gasteiger partial charge in [-0.1, -0.05) is 11.6 Å². The number of halogens is 4. The molecule has 9 heteroatoms. The highest BCUT2D eigenvalue weighted by molar-refractivity contribution is 6.33. The van der Waals surface area contributed by atoms with Gasteiger partial charge in [-0.25, -0.2) is 9.97 Å².